The van der Waals surface area contributed by atoms with Gasteiger partial charge in [-0.1, -0.05) is 18.2 Å². The summed E-state index contributed by atoms with van der Waals surface area (Å²) in [5, 5.41) is 8.62. The predicted molar refractivity (Wildman–Crippen MR) is 122 cm³/mol. The second-order valence-corrected chi connectivity index (χ2v) is 6.74. The lowest BCUT2D eigenvalue weighted by molar-refractivity contribution is 0.450. The summed E-state index contributed by atoms with van der Waals surface area (Å²) in [5.41, 5.74) is 0.850. The minimum atomic E-state index is -0.349. The SMILES string of the molecule is CN=C(NCCc1cccs1)NCc1cccnc1Oc1cccc(F)c1.I. The molecule has 8 heteroatoms. The molecular weight excluding hydrogens is 490 g/mol. The molecule has 0 fully saturated rings. The lowest BCUT2D eigenvalue weighted by atomic mass is 10.2. The quantitative estimate of drug-likeness (QED) is 0.276. The van der Waals surface area contributed by atoms with Crippen molar-refractivity contribution < 1.29 is 9.13 Å². The molecule has 0 saturated carbocycles. The van der Waals surface area contributed by atoms with Gasteiger partial charge in [0.2, 0.25) is 5.88 Å². The Hall–Kier alpha value is -2.20. The Bertz CT molecular complexity index is 889. The van der Waals surface area contributed by atoms with E-state index in [0.29, 0.717) is 24.1 Å². The first-order valence-corrected chi connectivity index (χ1v) is 9.47. The van der Waals surface area contributed by atoms with Crippen LogP contribution in [0.1, 0.15) is 10.4 Å². The molecule has 148 valence electrons. The smallest absolute Gasteiger partial charge is 0.224 e. The molecular formula is C20H22FIN4OS. The summed E-state index contributed by atoms with van der Waals surface area (Å²) in [7, 11) is 1.73. The third-order valence-electron chi connectivity index (χ3n) is 3.77. The van der Waals surface area contributed by atoms with Crippen molar-refractivity contribution >= 4 is 41.3 Å². The summed E-state index contributed by atoms with van der Waals surface area (Å²) in [6.07, 6.45) is 2.59. The van der Waals surface area contributed by atoms with Crippen LogP contribution in [-0.4, -0.2) is 24.5 Å². The minimum absolute atomic E-state index is 0. The van der Waals surface area contributed by atoms with Crippen molar-refractivity contribution in [2.75, 3.05) is 13.6 Å². The van der Waals surface area contributed by atoms with Crippen LogP contribution >= 0.6 is 35.3 Å². The summed E-state index contributed by atoms with van der Waals surface area (Å²) >= 11 is 1.74. The zero-order chi connectivity index (χ0) is 18.9. The van der Waals surface area contributed by atoms with Crippen LogP contribution in [0.15, 0.2) is 65.1 Å². The number of halogens is 2. The number of thiophene rings is 1. The number of guanidine groups is 1. The van der Waals surface area contributed by atoms with E-state index in [0.717, 1.165) is 18.5 Å². The Morgan fingerprint density at radius 1 is 1.18 bits per heavy atom. The molecule has 0 atom stereocenters. The summed E-state index contributed by atoms with van der Waals surface area (Å²) in [6.45, 7) is 1.27. The number of hydrogen-bond donors (Lipinski definition) is 2. The van der Waals surface area contributed by atoms with Crippen molar-refractivity contribution in [3.63, 3.8) is 0 Å². The van der Waals surface area contributed by atoms with E-state index in [2.05, 4.69) is 38.1 Å². The van der Waals surface area contributed by atoms with Crippen molar-refractivity contribution in [3.05, 3.63) is 76.4 Å². The van der Waals surface area contributed by atoms with Crippen LogP contribution in [0, 0.1) is 5.82 Å². The van der Waals surface area contributed by atoms with Gasteiger partial charge in [0.05, 0.1) is 0 Å². The highest BCUT2D eigenvalue weighted by molar-refractivity contribution is 14.0. The van der Waals surface area contributed by atoms with Crippen molar-refractivity contribution in [1.29, 1.82) is 0 Å². The maximum absolute atomic E-state index is 13.4. The Morgan fingerprint density at radius 3 is 2.82 bits per heavy atom. The summed E-state index contributed by atoms with van der Waals surface area (Å²) < 4.78 is 19.1. The van der Waals surface area contributed by atoms with Gasteiger partial charge in [-0.15, -0.1) is 35.3 Å². The van der Waals surface area contributed by atoms with Crippen LogP contribution in [0.4, 0.5) is 4.39 Å². The van der Waals surface area contributed by atoms with Gasteiger partial charge >= 0.3 is 0 Å². The average molecular weight is 512 g/mol. The first-order valence-electron chi connectivity index (χ1n) is 8.59. The van der Waals surface area contributed by atoms with Gasteiger partial charge in [0, 0.05) is 42.8 Å². The second kappa shape index (κ2) is 11.6. The molecule has 0 spiro atoms. The fraction of sp³-hybridized carbons (Fsp3) is 0.200. The molecule has 0 radical (unpaired) electrons. The molecule has 0 bridgehead atoms. The number of benzene rings is 1. The molecule has 28 heavy (non-hydrogen) atoms. The second-order valence-electron chi connectivity index (χ2n) is 5.71. The van der Waals surface area contributed by atoms with Gasteiger partial charge in [-0.05, 0) is 36.1 Å². The molecule has 0 unspecified atom stereocenters. The monoisotopic (exact) mass is 512 g/mol. The van der Waals surface area contributed by atoms with Gasteiger partial charge in [0.1, 0.15) is 11.6 Å². The van der Waals surface area contributed by atoms with Gasteiger partial charge in [-0.2, -0.15) is 0 Å². The molecule has 5 nitrogen and oxygen atoms in total. The molecule has 0 amide bonds. The van der Waals surface area contributed by atoms with E-state index < -0.39 is 0 Å². The highest BCUT2D eigenvalue weighted by Gasteiger charge is 2.08. The number of aliphatic imine (C=N–C) groups is 1. The first-order chi connectivity index (χ1) is 13.2. The predicted octanol–water partition coefficient (Wildman–Crippen LogP) is 4.60. The van der Waals surface area contributed by atoms with Crippen LogP contribution in [0.3, 0.4) is 0 Å². The van der Waals surface area contributed by atoms with E-state index in [1.54, 1.807) is 36.7 Å². The molecule has 3 rings (SSSR count). The number of pyridine rings is 1. The third-order valence-corrected chi connectivity index (χ3v) is 4.71. The molecule has 0 aliphatic rings. The van der Waals surface area contributed by atoms with Crippen LogP contribution in [-0.2, 0) is 13.0 Å². The maximum atomic E-state index is 13.4. The normalized spacial score (nSPS) is 10.9. The standard InChI is InChI=1S/C20H21FN4OS.HI/c1-22-20(24-11-9-18-8-4-12-27-18)25-14-15-5-3-10-23-19(15)26-17-7-2-6-16(21)13-17;/h2-8,10,12-13H,9,11,14H2,1H3,(H2,22,24,25);1H. The van der Waals surface area contributed by atoms with Crippen LogP contribution in [0.5, 0.6) is 11.6 Å². The lowest BCUT2D eigenvalue weighted by Gasteiger charge is -2.14. The Balaban J connectivity index is 0.00000280. The van der Waals surface area contributed by atoms with Gasteiger partial charge in [0.15, 0.2) is 5.96 Å². The maximum Gasteiger partial charge on any atom is 0.224 e. The molecule has 0 aliphatic carbocycles. The van der Waals surface area contributed by atoms with Crippen molar-refractivity contribution in [3.8, 4) is 11.6 Å². The molecule has 3 aromatic rings. The zero-order valence-electron chi connectivity index (χ0n) is 15.4. The van der Waals surface area contributed by atoms with E-state index in [-0.39, 0.29) is 29.8 Å². The first kappa shape index (κ1) is 22.1. The van der Waals surface area contributed by atoms with E-state index in [1.165, 1.54) is 17.0 Å². The van der Waals surface area contributed by atoms with Crippen molar-refractivity contribution in [2.45, 2.75) is 13.0 Å². The third kappa shape index (κ3) is 6.75. The largest absolute Gasteiger partial charge is 0.439 e. The number of rotatable bonds is 7. The van der Waals surface area contributed by atoms with E-state index >= 15 is 0 Å². The Morgan fingerprint density at radius 2 is 2.07 bits per heavy atom. The number of nitrogens with one attached hydrogen (secondary N) is 2. The summed E-state index contributed by atoms with van der Waals surface area (Å²) in [5.74, 6) is 1.20. The minimum Gasteiger partial charge on any atom is -0.439 e. The molecule has 2 aromatic heterocycles. The number of nitrogens with zero attached hydrogens (tertiary/aromatic N) is 2. The van der Waals surface area contributed by atoms with Crippen molar-refractivity contribution in [2.24, 2.45) is 4.99 Å². The van der Waals surface area contributed by atoms with Gasteiger partial charge in [0.25, 0.3) is 0 Å². The molecule has 0 aliphatic heterocycles. The van der Waals surface area contributed by atoms with E-state index in [9.17, 15) is 4.39 Å². The van der Waals surface area contributed by atoms with Gasteiger partial charge < -0.3 is 15.4 Å². The van der Waals surface area contributed by atoms with Gasteiger partial charge in [-0.25, -0.2) is 9.37 Å². The fourth-order valence-electron chi connectivity index (χ4n) is 2.45. The Kier molecular flexibility index (Phi) is 9.15. The molecule has 2 heterocycles. The van der Waals surface area contributed by atoms with Crippen LogP contribution in [0.25, 0.3) is 0 Å². The lowest BCUT2D eigenvalue weighted by Crippen LogP contribution is -2.37. The molecule has 1 aromatic carbocycles. The molecule has 2 N–H and O–H groups in total. The highest BCUT2D eigenvalue weighted by atomic mass is 127. The summed E-state index contributed by atoms with van der Waals surface area (Å²) in [6, 6.07) is 13.9. The zero-order valence-corrected chi connectivity index (χ0v) is 18.5. The van der Waals surface area contributed by atoms with E-state index in [1.807, 2.05) is 12.1 Å². The van der Waals surface area contributed by atoms with E-state index in [4.69, 9.17) is 4.74 Å². The fourth-order valence-corrected chi connectivity index (χ4v) is 3.16. The van der Waals surface area contributed by atoms with Crippen LogP contribution < -0.4 is 15.4 Å². The molecule has 0 saturated heterocycles. The van der Waals surface area contributed by atoms with Crippen LogP contribution in [0.2, 0.25) is 0 Å². The van der Waals surface area contributed by atoms with Gasteiger partial charge in [-0.3, -0.25) is 4.99 Å². The topological polar surface area (TPSA) is 58.5 Å². The number of ether oxygens (including phenoxy) is 1. The average Bonchev–Trinajstić information content (AvgIpc) is 3.19. The number of aromatic nitrogens is 1. The summed E-state index contributed by atoms with van der Waals surface area (Å²) in [4.78, 5) is 9.82. The highest BCUT2D eigenvalue weighted by Crippen LogP contribution is 2.23. The number of hydrogen-bond acceptors (Lipinski definition) is 4. The Labute approximate surface area is 185 Å². The van der Waals surface area contributed by atoms with Crippen molar-refractivity contribution in [1.82, 2.24) is 15.6 Å².